The molecule has 1 unspecified atom stereocenters. The minimum atomic E-state index is 0.234. The third kappa shape index (κ3) is 2.53. The second-order valence-electron chi connectivity index (χ2n) is 3.11. The summed E-state index contributed by atoms with van der Waals surface area (Å²) in [4.78, 5) is 0. The molecule has 1 heteroatoms. The lowest BCUT2D eigenvalue weighted by molar-refractivity contribution is 0.908. The van der Waals surface area contributed by atoms with Crippen LogP contribution in [0.3, 0.4) is 0 Å². The maximum atomic E-state index is 5.94. The van der Waals surface area contributed by atoms with E-state index >= 15 is 0 Å². The summed E-state index contributed by atoms with van der Waals surface area (Å²) in [7, 11) is 0. The van der Waals surface area contributed by atoms with Crippen molar-refractivity contribution >= 4 is 11.6 Å². The predicted octanol–water partition coefficient (Wildman–Crippen LogP) is 3.42. The number of hydrogen-bond donors (Lipinski definition) is 0. The number of alkyl halides is 1. The second-order valence-corrected chi connectivity index (χ2v) is 3.85. The van der Waals surface area contributed by atoms with E-state index in [1.165, 1.54) is 11.1 Å². The van der Waals surface area contributed by atoms with Gasteiger partial charge in [0, 0.05) is 5.38 Å². The molecule has 0 radical (unpaired) electrons. The molecule has 1 rings (SSSR count). The molecule has 0 nitrogen and oxygen atoms in total. The SMILES string of the molecule is CCc1ccccc1CC(C)Cl. The van der Waals surface area contributed by atoms with Gasteiger partial charge in [0.15, 0.2) is 0 Å². The van der Waals surface area contributed by atoms with Gasteiger partial charge in [0.25, 0.3) is 0 Å². The van der Waals surface area contributed by atoms with Gasteiger partial charge < -0.3 is 0 Å². The zero-order chi connectivity index (χ0) is 8.97. The quantitative estimate of drug-likeness (QED) is 0.629. The fourth-order valence-corrected chi connectivity index (χ4v) is 1.57. The molecule has 0 aliphatic rings. The molecule has 1 atom stereocenters. The van der Waals surface area contributed by atoms with E-state index in [0.29, 0.717) is 0 Å². The average molecular weight is 183 g/mol. The van der Waals surface area contributed by atoms with Crippen molar-refractivity contribution in [1.29, 1.82) is 0 Å². The molecule has 0 fully saturated rings. The largest absolute Gasteiger partial charge is 0.123 e. The van der Waals surface area contributed by atoms with Crippen molar-refractivity contribution in [3.05, 3.63) is 35.4 Å². The Balaban J connectivity index is 2.82. The Bertz CT molecular complexity index is 241. The lowest BCUT2D eigenvalue weighted by atomic mass is 10.0. The molecule has 0 saturated carbocycles. The highest BCUT2D eigenvalue weighted by atomic mass is 35.5. The molecule has 0 aromatic heterocycles. The third-order valence-corrected chi connectivity index (χ3v) is 2.15. The standard InChI is InChI=1S/C11H15Cl/c1-3-10-6-4-5-7-11(10)8-9(2)12/h4-7,9H,3,8H2,1-2H3. The lowest BCUT2D eigenvalue weighted by Gasteiger charge is -2.08. The second kappa shape index (κ2) is 4.51. The Labute approximate surface area is 79.6 Å². The molecule has 1 aromatic rings. The van der Waals surface area contributed by atoms with E-state index in [1.54, 1.807) is 0 Å². The summed E-state index contributed by atoms with van der Waals surface area (Å²) in [6.07, 6.45) is 2.07. The minimum absolute atomic E-state index is 0.234. The van der Waals surface area contributed by atoms with Crippen LogP contribution >= 0.6 is 11.6 Å². The summed E-state index contributed by atoms with van der Waals surface area (Å²) in [5, 5.41) is 0.234. The van der Waals surface area contributed by atoms with E-state index in [9.17, 15) is 0 Å². The van der Waals surface area contributed by atoms with Crippen LogP contribution in [0.1, 0.15) is 25.0 Å². The van der Waals surface area contributed by atoms with Crippen molar-refractivity contribution < 1.29 is 0 Å². The molecule has 0 N–H and O–H groups in total. The minimum Gasteiger partial charge on any atom is -0.123 e. The molecule has 66 valence electrons. The molecule has 12 heavy (non-hydrogen) atoms. The van der Waals surface area contributed by atoms with Crippen LogP contribution in [0.5, 0.6) is 0 Å². The van der Waals surface area contributed by atoms with Gasteiger partial charge in [-0.2, -0.15) is 0 Å². The molecule has 0 spiro atoms. The van der Waals surface area contributed by atoms with Crippen molar-refractivity contribution in [2.24, 2.45) is 0 Å². The van der Waals surface area contributed by atoms with Gasteiger partial charge in [-0.3, -0.25) is 0 Å². The number of benzene rings is 1. The van der Waals surface area contributed by atoms with E-state index in [1.807, 2.05) is 6.92 Å². The van der Waals surface area contributed by atoms with Gasteiger partial charge in [-0.1, -0.05) is 31.2 Å². The zero-order valence-corrected chi connectivity index (χ0v) is 8.43. The lowest BCUT2D eigenvalue weighted by Crippen LogP contribution is -2.00. The van der Waals surface area contributed by atoms with Crippen LogP contribution in [-0.4, -0.2) is 5.38 Å². The molecular formula is C11H15Cl. The Hall–Kier alpha value is -0.490. The van der Waals surface area contributed by atoms with Crippen molar-refractivity contribution in [1.82, 2.24) is 0 Å². The first-order valence-electron chi connectivity index (χ1n) is 4.45. The third-order valence-electron chi connectivity index (χ3n) is 2.00. The summed E-state index contributed by atoms with van der Waals surface area (Å²) < 4.78 is 0. The monoisotopic (exact) mass is 182 g/mol. The molecule has 0 amide bonds. The van der Waals surface area contributed by atoms with E-state index in [2.05, 4.69) is 31.2 Å². The normalized spacial score (nSPS) is 12.9. The van der Waals surface area contributed by atoms with Gasteiger partial charge in [-0.15, -0.1) is 11.6 Å². The van der Waals surface area contributed by atoms with Crippen LogP contribution < -0.4 is 0 Å². The van der Waals surface area contributed by atoms with Crippen LogP contribution in [0.25, 0.3) is 0 Å². The summed E-state index contributed by atoms with van der Waals surface area (Å²) >= 11 is 5.94. The fraction of sp³-hybridized carbons (Fsp3) is 0.455. The van der Waals surface area contributed by atoms with Crippen molar-refractivity contribution in [2.75, 3.05) is 0 Å². The van der Waals surface area contributed by atoms with Gasteiger partial charge in [0.1, 0.15) is 0 Å². The maximum Gasteiger partial charge on any atom is 0.0348 e. The van der Waals surface area contributed by atoms with E-state index in [4.69, 9.17) is 11.6 Å². The summed E-state index contributed by atoms with van der Waals surface area (Å²) in [5.41, 5.74) is 2.81. The van der Waals surface area contributed by atoms with Crippen molar-refractivity contribution in [3.63, 3.8) is 0 Å². The number of aryl methyl sites for hydroxylation is 1. The van der Waals surface area contributed by atoms with Gasteiger partial charge >= 0.3 is 0 Å². The van der Waals surface area contributed by atoms with E-state index < -0.39 is 0 Å². The van der Waals surface area contributed by atoms with Crippen LogP contribution in [0.2, 0.25) is 0 Å². The van der Waals surface area contributed by atoms with Crippen LogP contribution in [0, 0.1) is 0 Å². The van der Waals surface area contributed by atoms with Crippen LogP contribution in [0.4, 0.5) is 0 Å². The molecule has 1 aromatic carbocycles. The summed E-state index contributed by atoms with van der Waals surface area (Å²) in [5.74, 6) is 0. The first-order valence-corrected chi connectivity index (χ1v) is 4.88. The number of rotatable bonds is 3. The average Bonchev–Trinajstić information content (AvgIpc) is 2.04. The molecule has 0 saturated heterocycles. The fourth-order valence-electron chi connectivity index (χ4n) is 1.40. The van der Waals surface area contributed by atoms with Gasteiger partial charge in [-0.25, -0.2) is 0 Å². The van der Waals surface area contributed by atoms with Crippen molar-refractivity contribution in [2.45, 2.75) is 32.1 Å². The maximum absolute atomic E-state index is 5.94. The van der Waals surface area contributed by atoms with Gasteiger partial charge in [0.2, 0.25) is 0 Å². The highest BCUT2D eigenvalue weighted by molar-refractivity contribution is 6.20. The molecule has 0 aliphatic heterocycles. The summed E-state index contributed by atoms with van der Waals surface area (Å²) in [6, 6.07) is 8.50. The summed E-state index contributed by atoms with van der Waals surface area (Å²) in [6.45, 7) is 4.21. The molecular weight excluding hydrogens is 168 g/mol. The Morgan fingerprint density at radius 2 is 1.83 bits per heavy atom. The molecule has 0 bridgehead atoms. The number of halogens is 1. The highest BCUT2D eigenvalue weighted by Crippen LogP contribution is 2.13. The van der Waals surface area contributed by atoms with Crippen LogP contribution in [-0.2, 0) is 12.8 Å². The Morgan fingerprint density at radius 3 is 2.33 bits per heavy atom. The van der Waals surface area contributed by atoms with Crippen molar-refractivity contribution in [3.8, 4) is 0 Å². The topological polar surface area (TPSA) is 0 Å². The Morgan fingerprint density at radius 1 is 1.25 bits per heavy atom. The smallest absolute Gasteiger partial charge is 0.0348 e. The van der Waals surface area contributed by atoms with E-state index in [-0.39, 0.29) is 5.38 Å². The number of hydrogen-bond acceptors (Lipinski definition) is 0. The van der Waals surface area contributed by atoms with E-state index in [0.717, 1.165) is 12.8 Å². The first-order chi connectivity index (χ1) is 5.74. The highest BCUT2D eigenvalue weighted by Gasteiger charge is 2.02. The molecule has 0 heterocycles. The Kier molecular flexibility index (Phi) is 3.61. The first kappa shape index (κ1) is 9.60. The predicted molar refractivity (Wildman–Crippen MR) is 54.8 cm³/mol. The van der Waals surface area contributed by atoms with Gasteiger partial charge in [-0.05, 0) is 30.9 Å². The van der Waals surface area contributed by atoms with Gasteiger partial charge in [0.05, 0.1) is 0 Å². The van der Waals surface area contributed by atoms with Crippen LogP contribution in [0.15, 0.2) is 24.3 Å². The zero-order valence-electron chi connectivity index (χ0n) is 7.68. The molecule has 0 aliphatic carbocycles.